The van der Waals surface area contributed by atoms with Gasteiger partial charge in [0, 0.05) is 24.4 Å². The molecule has 0 radical (unpaired) electrons. The van der Waals surface area contributed by atoms with Gasteiger partial charge in [0.1, 0.15) is 0 Å². The number of allylic oxidation sites excluding steroid dienone is 1. The summed E-state index contributed by atoms with van der Waals surface area (Å²) in [5, 5.41) is 9.31. The van der Waals surface area contributed by atoms with E-state index in [4.69, 9.17) is 0 Å². The fourth-order valence-corrected chi connectivity index (χ4v) is 2.92. The van der Waals surface area contributed by atoms with Gasteiger partial charge in [0.15, 0.2) is 0 Å². The summed E-state index contributed by atoms with van der Waals surface area (Å²) in [6.07, 6.45) is 7.81. The van der Waals surface area contributed by atoms with Crippen molar-refractivity contribution in [2.24, 2.45) is 0 Å². The van der Waals surface area contributed by atoms with Gasteiger partial charge in [0.05, 0.1) is 5.56 Å². The van der Waals surface area contributed by atoms with Crippen LogP contribution in [0.5, 0.6) is 0 Å². The maximum Gasteiger partial charge on any atom is 0.337 e. The van der Waals surface area contributed by atoms with E-state index in [1.807, 2.05) is 13.1 Å². The smallest absolute Gasteiger partial charge is 0.337 e. The van der Waals surface area contributed by atoms with Gasteiger partial charge in [-0.3, -0.25) is 0 Å². The highest BCUT2D eigenvalue weighted by atomic mass is 16.4. The fourth-order valence-electron chi connectivity index (χ4n) is 2.92. The molecule has 1 heterocycles. The number of carboxylic acids is 1. The molecule has 0 aliphatic heterocycles. The number of aromatic carboxylic acids is 1. The molecule has 1 saturated carbocycles. The predicted molar refractivity (Wildman–Crippen MR) is 72.0 cm³/mol. The molecule has 0 bridgehead atoms. The molecule has 1 aromatic rings. The lowest BCUT2D eigenvalue weighted by Crippen LogP contribution is -2.15. The van der Waals surface area contributed by atoms with E-state index < -0.39 is 5.97 Å². The van der Waals surface area contributed by atoms with Crippen LogP contribution in [0, 0.1) is 0 Å². The summed E-state index contributed by atoms with van der Waals surface area (Å²) < 4.78 is 2.07. The molecular weight excluding hydrogens is 226 g/mol. The first kappa shape index (κ1) is 12.9. The second-order valence-corrected chi connectivity index (χ2v) is 5.34. The topological polar surface area (TPSA) is 42.2 Å². The minimum Gasteiger partial charge on any atom is -0.478 e. The molecule has 1 aliphatic rings. The average Bonchev–Trinajstić information content (AvgIpc) is 2.73. The van der Waals surface area contributed by atoms with Gasteiger partial charge in [0.2, 0.25) is 0 Å². The molecule has 2 rings (SSSR count). The summed E-state index contributed by atoms with van der Waals surface area (Å²) in [4.78, 5) is 11.3. The molecular formula is C15H21NO2. The molecule has 1 N–H and O–H groups in total. The predicted octanol–water partition coefficient (Wildman–Crippen LogP) is 3.81. The van der Waals surface area contributed by atoms with Crippen LogP contribution >= 0.6 is 0 Å². The van der Waals surface area contributed by atoms with Crippen molar-refractivity contribution < 1.29 is 9.90 Å². The first-order chi connectivity index (χ1) is 8.59. The summed E-state index contributed by atoms with van der Waals surface area (Å²) in [5.74, 6) is -0.407. The van der Waals surface area contributed by atoms with Crippen LogP contribution in [0.3, 0.4) is 0 Å². The summed E-state index contributed by atoms with van der Waals surface area (Å²) >= 11 is 0. The third kappa shape index (κ3) is 2.66. The lowest BCUT2D eigenvalue weighted by molar-refractivity contribution is 0.0694. The van der Waals surface area contributed by atoms with Crippen molar-refractivity contribution in [3.05, 3.63) is 35.7 Å². The Hall–Kier alpha value is -1.51. The van der Waals surface area contributed by atoms with Crippen molar-refractivity contribution in [3.8, 4) is 0 Å². The molecule has 0 unspecified atom stereocenters. The lowest BCUT2D eigenvalue weighted by atomic mass is 9.85. The van der Waals surface area contributed by atoms with Gasteiger partial charge in [-0.05, 0) is 25.8 Å². The molecule has 3 nitrogen and oxygen atoms in total. The van der Waals surface area contributed by atoms with Crippen LogP contribution in [0.1, 0.15) is 61.0 Å². The highest BCUT2D eigenvalue weighted by Gasteiger charge is 2.24. The Morgan fingerprint density at radius 2 is 2.11 bits per heavy atom. The van der Waals surface area contributed by atoms with E-state index in [1.165, 1.54) is 19.3 Å². The Bertz CT molecular complexity index is 453. The zero-order valence-corrected chi connectivity index (χ0v) is 11.0. The Kier molecular flexibility index (Phi) is 3.90. The van der Waals surface area contributed by atoms with Crippen LogP contribution in [-0.4, -0.2) is 15.6 Å². The highest BCUT2D eigenvalue weighted by Crippen LogP contribution is 2.35. The first-order valence-corrected chi connectivity index (χ1v) is 6.66. The SMILES string of the molecule is C=C(C)Cn1ccc(C(=O)O)c1C1CCCCC1. The largest absolute Gasteiger partial charge is 0.478 e. The maximum absolute atomic E-state index is 11.3. The van der Waals surface area contributed by atoms with Crippen molar-refractivity contribution in [1.82, 2.24) is 4.57 Å². The monoisotopic (exact) mass is 247 g/mol. The molecule has 0 atom stereocenters. The van der Waals surface area contributed by atoms with Crippen LogP contribution in [0.2, 0.25) is 0 Å². The van der Waals surface area contributed by atoms with Crippen molar-refractivity contribution in [3.63, 3.8) is 0 Å². The second kappa shape index (κ2) is 5.42. The number of carbonyl (C=O) groups is 1. The standard InChI is InChI=1S/C15H21NO2/c1-11(2)10-16-9-8-13(15(17)18)14(16)12-6-4-3-5-7-12/h8-9,12H,1,3-7,10H2,2H3,(H,17,18). The summed E-state index contributed by atoms with van der Waals surface area (Å²) in [6.45, 7) is 6.62. The van der Waals surface area contributed by atoms with Crippen LogP contribution in [0.15, 0.2) is 24.4 Å². The van der Waals surface area contributed by atoms with Gasteiger partial charge in [-0.2, -0.15) is 0 Å². The normalized spacial score (nSPS) is 16.7. The van der Waals surface area contributed by atoms with Gasteiger partial charge in [0.25, 0.3) is 0 Å². The van der Waals surface area contributed by atoms with Crippen molar-refractivity contribution in [2.75, 3.05) is 0 Å². The molecule has 1 aromatic heterocycles. The van der Waals surface area contributed by atoms with Gasteiger partial charge in [-0.1, -0.05) is 31.4 Å². The molecule has 3 heteroatoms. The van der Waals surface area contributed by atoms with Gasteiger partial charge in [-0.25, -0.2) is 4.79 Å². The molecule has 0 aromatic carbocycles. The molecule has 98 valence electrons. The van der Waals surface area contributed by atoms with Gasteiger partial charge in [-0.15, -0.1) is 0 Å². The van der Waals surface area contributed by atoms with Crippen molar-refractivity contribution in [2.45, 2.75) is 51.5 Å². The van der Waals surface area contributed by atoms with Crippen molar-refractivity contribution >= 4 is 5.97 Å². The Morgan fingerprint density at radius 3 is 2.67 bits per heavy atom. The number of rotatable bonds is 4. The Labute approximate surface area is 108 Å². The summed E-state index contributed by atoms with van der Waals surface area (Å²) in [7, 11) is 0. The van der Waals surface area contributed by atoms with E-state index in [2.05, 4.69) is 11.1 Å². The fraction of sp³-hybridized carbons (Fsp3) is 0.533. The van der Waals surface area contributed by atoms with Crippen LogP contribution in [-0.2, 0) is 6.54 Å². The van der Waals surface area contributed by atoms with E-state index in [0.717, 1.165) is 30.7 Å². The average molecular weight is 247 g/mol. The molecule has 0 amide bonds. The molecule has 0 spiro atoms. The molecule has 0 saturated heterocycles. The van der Waals surface area contributed by atoms with Crippen LogP contribution < -0.4 is 0 Å². The van der Waals surface area contributed by atoms with E-state index in [-0.39, 0.29) is 0 Å². The maximum atomic E-state index is 11.3. The minimum atomic E-state index is -0.809. The zero-order chi connectivity index (χ0) is 13.1. The Balaban J connectivity index is 2.35. The quantitative estimate of drug-likeness (QED) is 0.822. The second-order valence-electron chi connectivity index (χ2n) is 5.34. The summed E-state index contributed by atoms with van der Waals surface area (Å²) in [5.41, 5.74) is 2.54. The number of hydrogen-bond donors (Lipinski definition) is 1. The van der Waals surface area contributed by atoms with Crippen LogP contribution in [0.25, 0.3) is 0 Å². The first-order valence-electron chi connectivity index (χ1n) is 6.66. The van der Waals surface area contributed by atoms with E-state index in [9.17, 15) is 9.90 Å². The number of carboxylic acid groups (broad SMARTS) is 1. The van der Waals surface area contributed by atoms with Crippen LogP contribution in [0.4, 0.5) is 0 Å². The van der Waals surface area contributed by atoms with E-state index in [0.29, 0.717) is 11.5 Å². The third-order valence-corrected chi connectivity index (χ3v) is 3.67. The third-order valence-electron chi connectivity index (χ3n) is 3.67. The number of aromatic nitrogens is 1. The molecule has 1 fully saturated rings. The highest BCUT2D eigenvalue weighted by molar-refractivity contribution is 5.89. The molecule has 1 aliphatic carbocycles. The molecule has 18 heavy (non-hydrogen) atoms. The van der Waals surface area contributed by atoms with Gasteiger partial charge >= 0.3 is 5.97 Å². The van der Waals surface area contributed by atoms with E-state index in [1.54, 1.807) is 6.07 Å². The zero-order valence-electron chi connectivity index (χ0n) is 11.0. The summed E-state index contributed by atoms with van der Waals surface area (Å²) in [6, 6.07) is 1.73. The minimum absolute atomic E-state index is 0.402. The van der Waals surface area contributed by atoms with Crippen molar-refractivity contribution in [1.29, 1.82) is 0 Å². The number of nitrogens with zero attached hydrogens (tertiary/aromatic N) is 1. The number of hydrogen-bond acceptors (Lipinski definition) is 1. The lowest BCUT2D eigenvalue weighted by Gasteiger charge is -2.24. The van der Waals surface area contributed by atoms with Gasteiger partial charge < -0.3 is 9.67 Å². The Morgan fingerprint density at radius 1 is 1.44 bits per heavy atom. The van der Waals surface area contributed by atoms with E-state index >= 15 is 0 Å².